The molecule has 3 atom stereocenters. The fourth-order valence-electron chi connectivity index (χ4n) is 3.82. The molecule has 1 nitrogen and oxygen atoms in total. The van der Waals surface area contributed by atoms with Crippen LogP contribution in [-0.4, -0.2) is 5.78 Å². The average molecular weight is 248 g/mol. The van der Waals surface area contributed by atoms with Crippen molar-refractivity contribution in [2.75, 3.05) is 0 Å². The third-order valence-electron chi connectivity index (χ3n) is 4.71. The SMILES string of the molecule is CCc1ccsc1C(=O)CC1CC2CCC1C2. The molecule has 2 aliphatic carbocycles. The zero-order valence-corrected chi connectivity index (χ0v) is 11.3. The number of thiophene rings is 1. The van der Waals surface area contributed by atoms with Gasteiger partial charge in [-0.25, -0.2) is 0 Å². The van der Waals surface area contributed by atoms with Crippen molar-refractivity contribution >= 4 is 17.1 Å². The summed E-state index contributed by atoms with van der Waals surface area (Å²) in [4.78, 5) is 13.4. The lowest BCUT2D eigenvalue weighted by molar-refractivity contribution is 0.0947. The van der Waals surface area contributed by atoms with Gasteiger partial charge in [0, 0.05) is 6.42 Å². The number of hydrogen-bond acceptors (Lipinski definition) is 2. The van der Waals surface area contributed by atoms with Crippen molar-refractivity contribution in [3.05, 3.63) is 21.9 Å². The Balaban J connectivity index is 1.68. The van der Waals surface area contributed by atoms with Crippen LogP contribution < -0.4 is 0 Å². The quantitative estimate of drug-likeness (QED) is 0.725. The van der Waals surface area contributed by atoms with E-state index >= 15 is 0 Å². The molecule has 2 fully saturated rings. The molecule has 0 radical (unpaired) electrons. The summed E-state index contributed by atoms with van der Waals surface area (Å²) < 4.78 is 0. The molecule has 2 aliphatic rings. The summed E-state index contributed by atoms with van der Waals surface area (Å²) in [6.07, 6.45) is 7.34. The van der Waals surface area contributed by atoms with Gasteiger partial charge < -0.3 is 0 Å². The van der Waals surface area contributed by atoms with Crippen molar-refractivity contribution in [1.82, 2.24) is 0 Å². The van der Waals surface area contributed by atoms with E-state index in [4.69, 9.17) is 0 Å². The van der Waals surface area contributed by atoms with E-state index in [0.717, 1.165) is 29.6 Å². The minimum Gasteiger partial charge on any atom is -0.293 e. The van der Waals surface area contributed by atoms with Gasteiger partial charge in [-0.15, -0.1) is 11.3 Å². The average Bonchev–Trinajstić information content (AvgIpc) is 3.04. The molecule has 2 bridgehead atoms. The zero-order valence-electron chi connectivity index (χ0n) is 10.4. The molecular weight excluding hydrogens is 228 g/mol. The van der Waals surface area contributed by atoms with Crippen molar-refractivity contribution < 1.29 is 4.79 Å². The van der Waals surface area contributed by atoms with Crippen molar-refractivity contribution in [2.24, 2.45) is 17.8 Å². The summed E-state index contributed by atoms with van der Waals surface area (Å²) in [5.41, 5.74) is 1.25. The first-order valence-electron chi connectivity index (χ1n) is 6.87. The summed E-state index contributed by atoms with van der Waals surface area (Å²) in [6, 6.07) is 2.11. The lowest BCUT2D eigenvalue weighted by atomic mass is 9.85. The molecule has 0 saturated heterocycles. The maximum Gasteiger partial charge on any atom is 0.173 e. The number of aryl methyl sites for hydroxylation is 1. The third kappa shape index (κ3) is 2.08. The largest absolute Gasteiger partial charge is 0.293 e. The molecule has 0 aromatic carbocycles. The summed E-state index contributed by atoms with van der Waals surface area (Å²) in [7, 11) is 0. The molecule has 92 valence electrons. The highest BCUT2D eigenvalue weighted by Crippen LogP contribution is 2.49. The number of carbonyl (C=O) groups is 1. The molecule has 2 heteroatoms. The Bertz CT molecular complexity index is 420. The first-order chi connectivity index (χ1) is 8.28. The molecule has 3 rings (SSSR count). The molecule has 0 N–H and O–H groups in total. The van der Waals surface area contributed by atoms with Crippen LogP contribution in [-0.2, 0) is 6.42 Å². The van der Waals surface area contributed by atoms with E-state index in [1.54, 1.807) is 11.3 Å². The predicted octanol–water partition coefficient (Wildman–Crippen LogP) is 4.32. The van der Waals surface area contributed by atoms with Gasteiger partial charge in [-0.3, -0.25) is 4.79 Å². The standard InChI is InChI=1S/C15H20OS/c1-2-11-5-6-17-15(11)14(16)9-13-8-10-3-4-12(13)7-10/h5-6,10,12-13H,2-4,7-9H2,1H3. The fraction of sp³-hybridized carbons (Fsp3) is 0.667. The van der Waals surface area contributed by atoms with Gasteiger partial charge in [-0.05, 0) is 60.4 Å². The van der Waals surface area contributed by atoms with Gasteiger partial charge in [-0.2, -0.15) is 0 Å². The topological polar surface area (TPSA) is 17.1 Å². The van der Waals surface area contributed by atoms with Gasteiger partial charge in [0.05, 0.1) is 4.88 Å². The Morgan fingerprint density at radius 3 is 2.94 bits per heavy atom. The second-order valence-electron chi connectivity index (χ2n) is 5.69. The highest BCUT2D eigenvalue weighted by Gasteiger charge is 2.40. The Morgan fingerprint density at radius 1 is 1.41 bits per heavy atom. The summed E-state index contributed by atoms with van der Waals surface area (Å²) in [6.45, 7) is 2.14. The van der Waals surface area contributed by atoms with Gasteiger partial charge in [0.2, 0.25) is 0 Å². The third-order valence-corrected chi connectivity index (χ3v) is 5.71. The lowest BCUT2D eigenvalue weighted by Crippen LogP contribution is -2.15. The van der Waals surface area contributed by atoms with Crippen LogP contribution in [0.1, 0.15) is 54.3 Å². The summed E-state index contributed by atoms with van der Waals surface area (Å²) >= 11 is 1.64. The predicted molar refractivity (Wildman–Crippen MR) is 71.6 cm³/mol. The van der Waals surface area contributed by atoms with E-state index in [0.29, 0.717) is 11.7 Å². The normalized spacial score (nSPS) is 31.0. The first-order valence-corrected chi connectivity index (χ1v) is 7.75. The van der Waals surface area contributed by atoms with E-state index in [1.165, 1.54) is 31.2 Å². The molecule has 0 spiro atoms. The number of fused-ring (bicyclic) bond motifs is 2. The van der Waals surface area contributed by atoms with E-state index in [2.05, 4.69) is 18.4 Å². The molecular formula is C15H20OS. The number of carbonyl (C=O) groups excluding carboxylic acids is 1. The van der Waals surface area contributed by atoms with Gasteiger partial charge >= 0.3 is 0 Å². The van der Waals surface area contributed by atoms with Crippen molar-refractivity contribution in [3.8, 4) is 0 Å². The monoisotopic (exact) mass is 248 g/mol. The van der Waals surface area contributed by atoms with Crippen LogP contribution in [0.5, 0.6) is 0 Å². The lowest BCUT2D eigenvalue weighted by Gasteiger charge is -2.20. The molecule has 17 heavy (non-hydrogen) atoms. The molecule has 2 saturated carbocycles. The van der Waals surface area contributed by atoms with E-state index in [1.807, 2.05) is 0 Å². The highest BCUT2D eigenvalue weighted by atomic mass is 32.1. The van der Waals surface area contributed by atoms with Crippen LogP contribution in [0.3, 0.4) is 0 Å². The van der Waals surface area contributed by atoms with Gasteiger partial charge in [0.25, 0.3) is 0 Å². The second-order valence-corrected chi connectivity index (χ2v) is 6.61. The number of hydrogen-bond donors (Lipinski definition) is 0. The Hall–Kier alpha value is -0.630. The fourth-order valence-corrected chi connectivity index (χ4v) is 4.76. The second kappa shape index (κ2) is 4.56. The van der Waals surface area contributed by atoms with E-state index in [9.17, 15) is 4.79 Å². The first kappa shape index (κ1) is 11.5. The van der Waals surface area contributed by atoms with Crippen LogP contribution in [0.25, 0.3) is 0 Å². The maximum atomic E-state index is 12.3. The molecule has 1 aromatic heterocycles. The minimum absolute atomic E-state index is 0.411. The Labute approximate surface area is 107 Å². The maximum absolute atomic E-state index is 12.3. The van der Waals surface area contributed by atoms with Crippen molar-refractivity contribution in [3.63, 3.8) is 0 Å². The van der Waals surface area contributed by atoms with Crippen LogP contribution >= 0.6 is 11.3 Å². The van der Waals surface area contributed by atoms with Crippen molar-refractivity contribution in [1.29, 1.82) is 0 Å². The van der Waals surface area contributed by atoms with Gasteiger partial charge in [0.1, 0.15) is 0 Å². The molecule has 3 unspecified atom stereocenters. The Kier molecular flexibility index (Phi) is 3.08. The van der Waals surface area contributed by atoms with Crippen LogP contribution in [0, 0.1) is 17.8 Å². The molecule has 0 aliphatic heterocycles. The van der Waals surface area contributed by atoms with E-state index < -0.39 is 0 Å². The summed E-state index contributed by atoms with van der Waals surface area (Å²) in [5, 5.41) is 2.06. The Morgan fingerprint density at radius 2 is 2.29 bits per heavy atom. The van der Waals surface area contributed by atoms with Gasteiger partial charge in [0.15, 0.2) is 5.78 Å². The molecule has 1 heterocycles. The summed E-state index contributed by atoms with van der Waals surface area (Å²) in [5.74, 6) is 2.93. The van der Waals surface area contributed by atoms with Gasteiger partial charge in [-0.1, -0.05) is 13.3 Å². The van der Waals surface area contributed by atoms with Crippen LogP contribution in [0.2, 0.25) is 0 Å². The smallest absolute Gasteiger partial charge is 0.173 e. The number of rotatable bonds is 4. The van der Waals surface area contributed by atoms with E-state index in [-0.39, 0.29) is 0 Å². The minimum atomic E-state index is 0.411. The van der Waals surface area contributed by atoms with Crippen LogP contribution in [0.4, 0.5) is 0 Å². The van der Waals surface area contributed by atoms with Crippen molar-refractivity contribution in [2.45, 2.75) is 45.4 Å². The number of Topliss-reactive ketones (excluding diaryl/α,β-unsaturated/α-hetero) is 1. The number of ketones is 1. The van der Waals surface area contributed by atoms with Crippen LogP contribution in [0.15, 0.2) is 11.4 Å². The molecule has 0 amide bonds. The molecule has 1 aromatic rings. The zero-order chi connectivity index (χ0) is 11.8. The highest BCUT2D eigenvalue weighted by molar-refractivity contribution is 7.12.